The number of fused-ring (bicyclic) bond motifs is 2. The Morgan fingerprint density at radius 2 is 1.90 bits per heavy atom. The lowest BCUT2D eigenvalue weighted by Crippen LogP contribution is -2.28. The van der Waals surface area contributed by atoms with Gasteiger partial charge in [-0.25, -0.2) is 4.98 Å². The molecule has 1 aliphatic rings. The van der Waals surface area contributed by atoms with Crippen molar-refractivity contribution in [2.75, 3.05) is 13.1 Å². The molecule has 2 unspecified atom stereocenters. The highest BCUT2D eigenvalue weighted by atomic mass is 15.3. The van der Waals surface area contributed by atoms with Gasteiger partial charge in [-0.05, 0) is 42.0 Å². The first-order valence-electron chi connectivity index (χ1n) is 11.1. The van der Waals surface area contributed by atoms with Crippen LogP contribution in [0, 0.1) is 0 Å². The number of rotatable bonds is 3. The zero-order valence-electron chi connectivity index (χ0n) is 18.7. The predicted octanol–water partition coefficient (Wildman–Crippen LogP) is 4.34. The Labute approximate surface area is 183 Å². The third-order valence-electron chi connectivity index (χ3n) is 6.47. The number of nitrogens with zero attached hydrogens (tertiary/aromatic N) is 5. The Morgan fingerprint density at radius 3 is 2.65 bits per heavy atom. The Morgan fingerprint density at radius 1 is 1.06 bits per heavy atom. The van der Waals surface area contributed by atoms with E-state index in [4.69, 9.17) is 10.7 Å². The summed E-state index contributed by atoms with van der Waals surface area (Å²) in [4.78, 5) is 7.49. The van der Waals surface area contributed by atoms with Gasteiger partial charge in [-0.15, -0.1) is 10.2 Å². The number of aromatic nitrogens is 4. The summed E-state index contributed by atoms with van der Waals surface area (Å²) >= 11 is 0. The molecule has 1 aromatic carbocycles. The highest BCUT2D eigenvalue weighted by Crippen LogP contribution is 2.31. The fourth-order valence-electron chi connectivity index (χ4n) is 4.58. The highest BCUT2D eigenvalue weighted by Gasteiger charge is 2.25. The summed E-state index contributed by atoms with van der Waals surface area (Å²) in [6.45, 7) is 10.9. The monoisotopic (exact) mass is 414 g/mol. The third-order valence-corrected chi connectivity index (χ3v) is 6.47. The van der Waals surface area contributed by atoms with Crippen LogP contribution >= 0.6 is 0 Å². The third kappa shape index (κ3) is 3.60. The second-order valence-electron chi connectivity index (χ2n) is 9.76. The van der Waals surface area contributed by atoms with E-state index in [0.717, 1.165) is 47.6 Å². The maximum atomic E-state index is 6.13. The first-order valence-corrected chi connectivity index (χ1v) is 11.1. The fourth-order valence-corrected chi connectivity index (χ4v) is 4.58. The van der Waals surface area contributed by atoms with Crippen LogP contribution in [-0.2, 0) is 5.41 Å². The van der Waals surface area contributed by atoms with Crippen molar-refractivity contribution in [2.45, 2.75) is 51.6 Å². The van der Waals surface area contributed by atoms with Crippen molar-refractivity contribution < 1.29 is 0 Å². The Balaban J connectivity index is 1.59. The SMILES string of the molecule is CC(c1ccc2nnc(-c3ccc4cccc(C(C)(C)C)c4n3)n2c1)N1CCC(N)C1. The van der Waals surface area contributed by atoms with Gasteiger partial charge in [0.05, 0.1) is 5.52 Å². The highest BCUT2D eigenvalue weighted by molar-refractivity contribution is 5.84. The molecule has 6 nitrogen and oxygen atoms in total. The number of pyridine rings is 2. The van der Waals surface area contributed by atoms with E-state index in [9.17, 15) is 0 Å². The van der Waals surface area contributed by atoms with Crippen LogP contribution in [0.1, 0.15) is 51.3 Å². The molecule has 6 heteroatoms. The standard InChI is InChI=1S/C25H30N6/c1-16(30-13-12-19(26)15-30)18-9-11-22-28-29-24(31(22)14-18)21-10-8-17-6-5-7-20(23(17)27-21)25(2,3)4/h5-11,14,16,19H,12-13,15,26H2,1-4H3. The van der Waals surface area contributed by atoms with Crippen LogP contribution < -0.4 is 5.73 Å². The van der Waals surface area contributed by atoms with Gasteiger partial charge >= 0.3 is 0 Å². The van der Waals surface area contributed by atoms with E-state index in [0.29, 0.717) is 6.04 Å². The largest absolute Gasteiger partial charge is 0.326 e. The lowest BCUT2D eigenvalue weighted by atomic mass is 9.85. The molecule has 5 rings (SSSR count). The van der Waals surface area contributed by atoms with Crippen LogP contribution in [0.4, 0.5) is 0 Å². The second kappa shape index (κ2) is 7.39. The molecule has 4 aromatic rings. The lowest BCUT2D eigenvalue weighted by molar-refractivity contribution is 0.259. The van der Waals surface area contributed by atoms with Crippen LogP contribution in [0.3, 0.4) is 0 Å². The van der Waals surface area contributed by atoms with Crippen molar-refractivity contribution in [2.24, 2.45) is 5.73 Å². The summed E-state index contributed by atoms with van der Waals surface area (Å²) in [6, 6.07) is 15.3. The molecule has 0 amide bonds. The minimum atomic E-state index is 0.0111. The molecular weight excluding hydrogens is 384 g/mol. The minimum absolute atomic E-state index is 0.0111. The number of hydrogen-bond acceptors (Lipinski definition) is 5. The molecule has 0 aliphatic carbocycles. The van der Waals surface area contributed by atoms with Gasteiger partial charge in [-0.1, -0.05) is 51.1 Å². The maximum Gasteiger partial charge on any atom is 0.187 e. The summed E-state index contributed by atoms with van der Waals surface area (Å²) in [5.74, 6) is 0.771. The molecule has 0 saturated carbocycles. The molecule has 0 bridgehead atoms. The van der Waals surface area contributed by atoms with E-state index in [1.54, 1.807) is 0 Å². The average Bonchev–Trinajstić information content (AvgIpc) is 3.37. The van der Waals surface area contributed by atoms with Crippen LogP contribution in [0.2, 0.25) is 0 Å². The molecule has 31 heavy (non-hydrogen) atoms. The molecular formula is C25H30N6. The van der Waals surface area contributed by atoms with Gasteiger partial charge in [-0.3, -0.25) is 9.30 Å². The summed E-state index contributed by atoms with van der Waals surface area (Å²) in [7, 11) is 0. The van der Waals surface area contributed by atoms with Gasteiger partial charge in [0.2, 0.25) is 0 Å². The van der Waals surface area contributed by atoms with Gasteiger partial charge in [-0.2, -0.15) is 0 Å². The van der Waals surface area contributed by atoms with Gasteiger partial charge in [0, 0.05) is 36.8 Å². The van der Waals surface area contributed by atoms with Crippen molar-refractivity contribution in [3.05, 3.63) is 59.8 Å². The van der Waals surface area contributed by atoms with Crippen LogP contribution in [-0.4, -0.2) is 43.6 Å². The first kappa shape index (κ1) is 20.1. The van der Waals surface area contributed by atoms with E-state index in [1.165, 1.54) is 11.1 Å². The van der Waals surface area contributed by atoms with E-state index in [1.807, 2.05) is 12.1 Å². The summed E-state index contributed by atoms with van der Waals surface area (Å²) in [5.41, 5.74) is 11.3. The molecule has 1 fully saturated rings. The summed E-state index contributed by atoms with van der Waals surface area (Å²) in [6.07, 6.45) is 3.21. The average molecular weight is 415 g/mol. The maximum absolute atomic E-state index is 6.13. The molecule has 2 atom stereocenters. The fraction of sp³-hybridized carbons (Fsp3) is 0.400. The topological polar surface area (TPSA) is 72.3 Å². The number of para-hydroxylation sites is 1. The number of benzene rings is 1. The van der Waals surface area contributed by atoms with Gasteiger partial charge in [0.25, 0.3) is 0 Å². The van der Waals surface area contributed by atoms with Crippen molar-refractivity contribution >= 4 is 16.6 Å². The Hall–Kier alpha value is -2.83. The first-order chi connectivity index (χ1) is 14.8. The van der Waals surface area contributed by atoms with Crippen molar-refractivity contribution in [3.63, 3.8) is 0 Å². The van der Waals surface area contributed by atoms with Crippen LogP contribution in [0.5, 0.6) is 0 Å². The Kier molecular flexibility index (Phi) is 4.79. The zero-order valence-corrected chi connectivity index (χ0v) is 18.7. The molecule has 2 N–H and O–H groups in total. The number of nitrogens with two attached hydrogens (primary N) is 1. The zero-order chi connectivity index (χ0) is 21.8. The van der Waals surface area contributed by atoms with Crippen molar-refractivity contribution in [3.8, 4) is 11.5 Å². The van der Waals surface area contributed by atoms with Gasteiger partial charge in [0.1, 0.15) is 5.69 Å². The molecule has 0 spiro atoms. The summed E-state index contributed by atoms with van der Waals surface area (Å²) in [5, 5.41) is 10.0. The number of likely N-dealkylation sites (tertiary alicyclic amines) is 1. The van der Waals surface area contributed by atoms with E-state index >= 15 is 0 Å². The molecule has 1 aliphatic heterocycles. The molecule has 0 radical (unpaired) electrons. The Bertz CT molecular complexity index is 1250. The van der Waals surface area contributed by atoms with Gasteiger partial charge in [0.15, 0.2) is 11.5 Å². The smallest absolute Gasteiger partial charge is 0.187 e. The predicted molar refractivity (Wildman–Crippen MR) is 125 cm³/mol. The van der Waals surface area contributed by atoms with E-state index in [-0.39, 0.29) is 11.5 Å². The van der Waals surface area contributed by atoms with Crippen molar-refractivity contribution in [1.29, 1.82) is 0 Å². The number of hydrogen-bond donors (Lipinski definition) is 1. The normalized spacial score (nSPS) is 18.8. The summed E-state index contributed by atoms with van der Waals surface area (Å²) < 4.78 is 2.07. The lowest BCUT2D eigenvalue weighted by Gasteiger charge is -2.24. The van der Waals surface area contributed by atoms with Gasteiger partial charge < -0.3 is 5.73 Å². The molecule has 3 aromatic heterocycles. The molecule has 4 heterocycles. The van der Waals surface area contributed by atoms with Crippen LogP contribution in [0.15, 0.2) is 48.7 Å². The molecule has 1 saturated heterocycles. The van der Waals surface area contributed by atoms with Crippen LogP contribution in [0.25, 0.3) is 28.1 Å². The van der Waals surface area contributed by atoms with Crippen molar-refractivity contribution in [1.82, 2.24) is 24.5 Å². The van der Waals surface area contributed by atoms with E-state index in [2.05, 4.69) is 83.7 Å². The van der Waals surface area contributed by atoms with E-state index < -0.39 is 0 Å². The quantitative estimate of drug-likeness (QED) is 0.540. The molecule has 160 valence electrons. The minimum Gasteiger partial charge on any atom is -0.326 e. The second-order valence-corrected chi connectivity index (χ2v) is 9.76.